The molecule has 20 heavy (non-hydrogen) atoms. The Morgan fingerprint density at radius 1 is 0.950 bits per heavy atom. The predicted molar refractivity (Wildman–Crippen MR) is 82.0 cm³/mol. The van der Waals surface area contributed by atoms with E-state index in [1.165, 1.54) is 0 Å². The van der Waals surface area contributed by atoms with Crippen LogP contribution in [0.2, 0.25) is 0 Å². The van der Waals surface area contributed by atoms with Crippen LogP contribution < -0.4 is 4.72 Å². The quantitative estimate of drug-likeness (QED) is 0.916. The summed E-state index contributed by atoms with van der Waals surface area (Å²) in [7, 11) is -3.42. The van der Waals surface area contributed by atoms with Gasteiger partial charge in [0.15, 0.2) is 0 Å². The summed E-state index contributed by atoms with van der Waals surface area (Å²) in [4.78, 5) is 0.303. The van der Waals surface area contributed by atoms with E-state index in [0.29, 0.717) is 4.90 Å². The van der Waals surface area contributed by atoms with Crippen LogP contribution in [0.3, 0.4) is 0 Å². The van der Waals surface area contributed by atoms with Crippen molar-refractivity contribution in [3.63, 3.8) is 0 Å². The first-order chi connectivity index (χ1) is 9.53. The first kappa shape index (κ1) is 14.8. The lowest BCUT2D eigenvalue weighted by Crippen LogP contribution is -2.31. The average Bonchev–Trinajstić information content (AvgIpc) is 2.48. The molecule has 0 heterocycles. The van der Waals surface area contributed by atoms with E-state index in [1.807, 2.05) is 56.3 Å². The third kappa shape index (κ3) is 3.46. The molecule has 0 saturated heterocycles. The van der Waals surface area contributed by atoms with Crippen molar-refractivity contribution in [1.82, 2.24) is 4.72 Å². The largest absolute Gasteiger partial charge is 0.240 e. The van der Waals surface area contributed by atoms with Crippen molar-refractivity contribution in [2.75, 3.05) is 0 Å². The van der Waals surface area contributed by atoms with E-state index in [-0.39, 0.29) is 6.04 Å². The Balaban J connectivity index is 2.25. The Hall–Kier alpha value is -1.65. The maximum Gasteiger partial charge on any atom is 0.240 e. The fourth-order valence-corrected chi connectivity index (χ4v) is 3.20. The van der Waals surface area contributed by atoms with Gasteiger partial charge in [-0.25, -0.2) is 13.1 Å². The van der Waals surface area contributed by atoms with Crippen LogP contribution in [0.25, 0.3) is 11.1 Å². The van der Waals surface area contributed by atoms with Crippen LogP contribution >= 0.6 is 0 Å². The number of hydrogen-bond acceptors (Lipinski definition) is 2. The van der Waals surface area contributed by atoms with Gasteiger partial charge in [-0.2, -0.15) is 0 Å². The lowest BCUT2D eigenvalue weighted by Gasteiger charge is -2.12. The van der Waals surface area contributed by atoms with Gasteiger partial charge in [0, 0.05) is 6.04 Å². The summed E-state index contributed by atoms with van der Waals surface area (Å²) in [6.45, 7) is 3.81. The molecule has 1 unspecified atom stereocenters. The summed E-state index contributed by atoms with van der Waals surface area (Å²) >= 11 is 0. The highest BCUT2D eigenvalue weighted by Crippen LogP contribution is 2.21. The summed E-state index contributed by atoms with van der Waals surface area (Å²) in [5.74, 6) is 0. The molecule has 3 nitrogen and oxygen atoms in total. The lowest BCUT2D eigenvalue weighted by atomic mass is 10.1. The van der Waals surface area contributed by atoms with Gasteiger partial charge in [0.1, 0.15) is 0 Å². The molecule has 2 aromatic rings. The fourth-order valence-electron chi connectivity index (χ4n) is 1.87. The van der Waals surface area contributed by atoms with E-state index < -0.39 is 10.0 Å². The number of hydrogen-bond donors (Lipinski definition) is 1. The molecule has 0 bridgehead atoms. The normalized spacial score (nSPS) is 13.1. The summed E-state index contributed by atoms with van der Waals surface area (Å²) in [5.41, 5.74) is 2.08. The molecule has 1 atom stereocenters. The highest BCUT2D eigenvalue weighted by molar-refractivity contribution is 7.89. The lowest BCUT2D eigenvalue weighted by molar-refractivity contribution is 0.556. The monoisotopic (exact) mass is 289 g/mol. The van der Waals surface area contributed by atoms with Crippen LogP contribution in [0.15, 0.2) is 59.5 Å². The number of rotatable bonds is 5. The van der Waals surface area contributed by atoms with Gasteiger partial charge < -0.3 is 0 Å². The number of sulfonamides is 1. The van der Waals surface area contributed by atoms with Crippen LogP contribution in [0.1, 0.15) is 20.3 Å². The molecule has 2 rings (SSSR count). The molecular weight excluding hydrogens is 270 g/mol. The highest BCUT2D eigenvalue weighted by atomic mass is 32.2. The molecular formula is C16H19NO2S. The van der Waals surface area contributed by atoms with Crippen molar-refractivity contribution >= 4 is 10.0 Å². The van der Waals surface area contributed by atoms with Crippen LogP contribution in [0.4, 0.5) is 0 Å². The predicted octanol–water partition coefficient (Wildman–Crippen LogP) is 3.43. The SMILES string of the molecule is CCC(C)NS(=O)(=O)c1ccc(-c2ccccc2)cc1. The Morgan fingerprint density at radius 3 is 2.05 bits per heavy atom. The number of nitrogens with one attached hydrogen (secondary N) is 1. The Labute approximate surface area is 120 Å². The minimum Gasteiger partial charge on any atom is -0.208 e. The molecule has 1 N–H and O–H groups in total. The molecule has 0 radical (unpaired) electrons. The standard InChI is InChI=1S/C16H19NO2S/c1-3-13(2)17-20(18,19)16-11-9-15(10-12-16)14-7-5-4-6-8-14/h4-13,17H,3H2,1-2H3. The van der Waals surface area contributed by atoms with E-state index in [2.05, 4.69) is 4.72 Å². The third-order valence-corrected chi connectivity index (χ3v) is 4.85. The van der Waals surface area contributed by atoms with Crippen LogP contribution in [-0.2, 0) is 10.0 Å². The topological polar surface area (TPSA) is 46.2 Å². The van der Waals surface area contributed by atoms with Crippen LogP contribution in [0.5, 0.6) is 0 Å². The smallest absolute Gasteiger partial charge is 0.208 e. The molecule has 106 valence electrons. The number of benzene rings is 2. The minimum absolute atomic E-state index is 0.0613. The van der Waals surface area contributed by atoms with Crippen molar-refractivity contribution in [3.05, 3.63) is 54.6 Å². The second kappa shape index (κ2) is 6.20. The van der Waals surface area contributed by atoms with Gasteiger partial charge in [-0.05, 0) is 36.6 Å². The third-order valence-electron chi connectivity index (χ3n) is 3.24. The maximum atomic E-state index is 12.1. The Morgan fingerprint density at radius 2 is 1.50 bits per heavy atom. The van der Waals surface area contributed by atoms with Crippen LogP contribution in [0, 0.1) is 0 Å². The van der Waals surface area contributed by atoms with Gasteiger partial charge in [-0.15, -0.1) is 0 Å². The van der Waals surface area contributed by atoms with Crippen molar-refractivity contribution in [1.29, 1.82) is 0 Å². The van der Waals surface area contributed by atoms with E-state index >= 15 is 0 Å². The zero-order chi connectivity index (χ0) is 14.6. The zero-order valence-electron chi connectivity index (χ0n) is 11.7. The van der Waals surface area contributed by atoms with Gasteiger partial charge in [0.25, 0.3) is 0 Å². The van der Waals surface area contributed by atoms with Crippen molar-refractivity contribution < 1.29 is 8.42 Å². The molecule has 0 saturated carbocycles. The van der Waals surface area contributed by atoms with Gasteiger partial charge in [-0.3, -0.25) is 0 Å². The van der Waals surface area contributed by atoms with Crippen molar-refractivity contribution in [3.8, 4) is 11.1 Å². The second-order valence-electron chi connectivity index (χ2n) is 4.82. The maximum absolute atomic E-state index is 12.1. The first-order valence-corrected chi connectivity index (χ1v) is 8.19. The minimum atomic E-state index is -3.42. The first-order valence-electron chi connectivity index (χ1n) is 6.71. The molecule has 2 aromatic carbocycles. The molecule has 0 aliphatic rings. The zero-order valence-corrected chi connectivity index (χ0v) is 12.5. The molecule has 0 spiro atoms. The van der Waals surface area contributed by atoms with E-state index in [4.69, 9.17) is 0 Å². The molecule has 4 heteroatoms. The van der Waals surface area contributed by atoms with E-state index in [1.54, 1.807) is 12.1 Å². The summed E-state index contributed by atoms with van der Waals surface area (Å²) < 4.78 is 26.9. The Kier molecular flexibility index (Phi) is 4.57. The van der Waals surface area contributed by atoms with Gasteiger partial charge in [-0.1, -0.05) is 49.4 Å². The summed E-state index contributed by atoms with van der Waals surface area (Å²) in [6, 6.07) is 16.8. The Bertz CT molecular complexity index is 649. The van der Waals surface area contributed by atoms with Crippen molar-refractivity contribution in [2.45, 2.75) is 31.2 Å². The molecule has 0 aromatic heterocycles. The second-order valence-corrected chi connectivity index (χ2v) is 6.53. The average molecular weight is 289 g/mol. The van der Waals surface area contributed by atoms with Crippen LogP contribution in [-0.4, -0.2) is 14.5 Å². The van der Waals surface area contributed by atoms with Gasteiger partial charge in [0.2, 0.25) is 10.0 Å². The molecule has 0 aliphatic carbocycles. The molecule has 0 amide bonds. The van der Waals surface area contributed by atoms with E-state index in [9.17, 15) is 8.42 Å². The highest BCUT2D eigenvalue weighted by Gasteiger charge is 2.16. The summed E-state index contributed by atoms with van der Waals surface area (Å²) in [5, 5.41) is 0. The fraction of sp³-hybridized carbons (Fsp3) is 0.250. The van der Waals surface area contributed by atoms with Gasteiger partial charge in [0.05, 0.1) is 4.90 Å². The van der Waals surface area contributed by atoms with Gasteiger partial charge >= 0.3 is 0 Å². The molecule has 0 aliphatic heterocycles. The van der Waals surface area contributed by atoms with Crippen molar-refractivity contribution in [2.24, 2.45) is 0 Å². The summed E-state index contributed by atoms with van der Waals surface area (Å²) in [6.07, 6.45) is 0.765. The van der Waals surface area contributed by atoms with E-state index in [0.717, 1.165) is 17.5 Å². The molecule has 0 fully saturated rings.